The zero-order valence-electron chi connectivity index (χ0n) is 66.6. The highest BCUT2D eigenvalue weighted by atomic mass is 15.0. The number of pyridine rings is 6. The number of aryl methyl sites for hydroxylation is 10. The van der Waals surface area contributed by atoms with Gasteiger partial charge in [-0.15, -0.1) is 0 Å². The average molecular weight is 1490 g/mol. The van der Waals surface area contributed by atoms with E-state index in [1.165, 1.54) is 212 Å². The van der Waals surface area contributed by atoms with Gasteiger partial charge in [0.2, 0.25) is 6.71 Å². The van der Waals surface area contributed by atoms with Crippen LogP contribution in [-0.4, -0.2) is 93.4 Å². The van der Waals surface area contributed by atoms with Crippen LogP contribution in [-0.2, 0) is 106 Å². The van der Waals surface area contributed by atoms with E-state index in [-0.39, 0.29) is 33.6 Å². The summed E-state index contributed by atoms with van der Waals surface area (Å²) in [4.78, 5) is 54.9. The summed E-state index contributed by atoms with van der Waals surface area (Å²) in [6.45, 7) is 10.1. The highest BCUT2D eigenvalue weighted by molar-refractivity contribution is 6.99. The number of benzene rings is 3. The summed E-state index contributed by atoms with van der Waals surface area (Å²) in [5, 5.41) is 0. The summed E-state index contributed by atoms with van der Waals surface area (Å²) in [6, 6.07) is 41.7. The molecule has 0 unspecified atom stereocenters. The van der Waals surface area contributed by atoms with Crippen molar-refractivity contribution in [2.75, 3.05) is 0 Å². The smallest absolute Gasteiger partial charge is 0.264 e. The van der Waals surface area contributed by atoms with Gasteiger partial charge in [0.25, 0.3) is 6.33 Å². The van der Waals surface area contributed by atoms with E-state index in [1.54, 1.807) is 31.6 Å². The van der Waals surface area contributed by atoms with Crippen molar-refractivity contribution >= 4 is 116 Å². The van der Waals surface area contributed by atoms with E-state index in [9.17, 15) is 0 Å². The van der Waals surface area contributed by atoms with Gasteiger partial charge in [0.05, 0.1) is 12.6 Å². The van der Waals surface area contributed by atoms with Gasteiger partial charge in [0.15, 0.2) is 47.8 Å². The molecule has 0 spiro atoms. The summed E-state index contributed by atoms with van der Waals surface area (Å²) in [7, 11) is 12.8. The lowest BCUT2D eigenvalue weighted by atomic mass is 9.30. The standard InChI is InChI=1S/2C19H17BN3.C19H16BN3.C18H17BN4.C17H16BN5/c2*1-12-5-3-6-13-9-15-18-16(22-11-21-15)10-14-7-4-8-23(2)19(14)20(18)17(12)13;1-11-4-3-5-13-6-15-19-16(23-10-22-15)7-14-9-21-8-12(2)18(14)20(19)17(11)13;1-22-7-3-5-12-9-14-16-15(21-11-20-14)10-13-6-4-8-23(2)18(13)19(16)17(12)22;1-22-5-3-4-11-6-13-15-14(21-9-20-13)7-12-8-19-10-23(2)17(12)18(15)16(11)22/h2*3-8,11H,9-10H2,1-2H3;3-5,8-10H,6-7H2,1-2H3;3-8,11H,9-10H2,1-2H3;3-5,8-10H,6-7H2,1-2H3/q2*+1;;2*+2. The van der Waals surface area contributed by atoms with Crippen molar-refractivity contribution in [3.63, 3.8) is 0 Å². The van der Waals surface area contributed by atoms with Gasteiger partial charge in [0, 0.05) is 197 Å². The largest absolute Gasteiger partial charge is 0.410 e. The number of aromatic nitrogens is 18. The summed E-state index contributed by atoms with van der Waals surface area (Å²) in [5.74, 6) is 0. The maximum Gasteiger partial charge on any atom is 0.410 e. The van der Waals surface area contributed by atoms with Crippen LogP contribution in [0.3, 0.4) is 0 Å². The summed E-state index contributed by atoms with van der Waals surface area (Å²) < 4.78 is 13.5. The summed E-state index contributed by atoms with van der Waals surface area (Å²) in [5.41, 5.74) is 51.5. The number of hydrogen-bond acceptors (Lipinski definition) is 12. The van der Waals surface area contributed by atoms with Crippen LogP contribution in [0.25, 0.3) is 0 Å². The van der Waals surface area contributed by atoms with E-state index >= 15 is 0 Å². The van der Waals surface area contributed by atoms with Gasteiger partial charge in [0.1, 0.15) is 84.3 Å². The van der Waals surface area contributed by atoms with Crippen molar-refractivity contribution in [2.45, 2.75) is 91.9 Å². The Balaban J connectivity index is 0.0000000900. The molecule has 550 valence electrons. The van der Waals surface area contributed by atoms with Crippen molar-refractivity contribution in [2.24, 2.45) is 42.3 Å². The maximum atomic E-state index is 4.62. The molecule has 0 atom stereocenters. The van der Waals surface area contributed by atoms with E-state index in [1.807, 2.05) is 24.9 Å². The lowest BCUT2D eigenvalue weighted by Crippen LogP contribution is -2.75. The van der Waals surface area contributed by atoms with Gasteiger partial charge < -0.3 is 0 Å². The molecule has 10 aliphatic heterocycles. The van der Waals surface area contributed by atoms with Crippen molar-refractivity contribution in [1.29, 1.82) is 0 Å². The molecule has 0 saturated heterocycles. The van der Waals surface area contributed by atoms with E-state index in [4.69, 9.17) is 0 Å². The molecule has 10 aliphatic rings. The van der Waals surface area contributed by atoms with Crippen LogP contribution in [0.1, 0.15) is 135 Å². The first-order valence-corrected chi connectivity index (χ1v) is 40.2. The van der Waals surface area contributed by atoms with Crippen LogP contribution in [0.4, 0.5) is 0 Å². The molecule has 0 radical (unpaired) electrons. The molecule has 0 amide bonds. The van der Waals surface area contributed by atoms with E-state index < -0.39 is 0 Å². The Morgan fingerprint density at radius 1 is 0.217 bits per heavy atom. The molecular weight excluding hydrogens is 1410 g/mol. The number of rotatable bonds is 0. The van der Waals surface area contributed by atoms with Crippen LogP contribution >= 0.6 is 0 Å². The predicted molar refractivity (Wildman–Crippen MR) is 448 cm³/mol. The monoisotopic (exact) mass is 1490 g/mol. The van der Waals surface area contributed by atoms with Crippen molar-refractivity contribution in [1.82, 2.24) is 59.8 Å². The highest BCUT2D eigenvalue weighted by Gasteiger charge is 2.52. The zero-order valence-corrected chi connectivity index (χ0v) is 66.6. The van der Waals surface area contributed by atoms with Crippen molar-refractivity contribution < 1.29 is 27.4 Å². The fourth-order valence-electron chi connectivity index (χ4n) is 21.6. The Hall–Kier alpha value is -12.6. The van der Waals surface area contributed by atoms with Crippen LogP contribution in [0.5, 0.6) is 0 Å². The van der Waals surface area contributed by atoms with Crippen LogP contribution in [0.15, 0.2) is 203 Å². The lowest BCUT2D eigenvalue weighted by Gasteiger charge is -2.34. The maximum absolute atomic E-state index is 4.62. The minimum atomic E-state index is 0.188. The Labute approximate surface area is 671 Å². The third-order valence-corrected chi connectivity index (χ3v) is 26.3. The molecule has 0 bridgehead atoms. The predicted octanol–water partition coefficient (Wildman–Crippen LogP) is -3.02. The highest BCUT2D eigenvalue weighted by Crippen LogP contribution is 2.26. The molecule has 12 aromatic heterocycles. The van der Waals surface area contributed by atoms with Crippen molar-refractivity contribution in [3.8, 4) is 0 Å². The van der Waals surface area contributed by atoms with Crippen LogP contribution in [0.2, 0.25) is 0 Å². The molecule has 18 nitrogen and oxygen atoms in total. The van der Waals surface area contributed by atoms with Gasteiger partial charge >= 0.3 is 26.9 Å². The Morgan fingerprint density at radius 3 is 0.800 bits per heavy atom. The normalized spacial score (nSPS) is 14.1. The molecule has 23 heteroatoms. The SMILES string of the molecule is C[n+]1cccc2c1B1c3c(ncnc3Cc3ccc[n+](C)c31)C2.C[n+]1cccc2c1B1c3c(ncnc3Cc3cnc[n+](C)c31)C2.Cc1cccc2c1B1c3c(C)cncc3Cc3ncnc(c31)C2.Cc1cccc2c1B1c3c(ncnc3Cc3ccc[n+](C)c31)C2.Cc1cccc2c1B1c3c(ncnc3Cc3ccc[n+](C)c31)C2. The third kappa shape index (κ3) is 11.3. The van der Waals surface area contributed by atoms with Gasteiger partial charge in [-0.25, -0.2) is 77.2 Å². The van der Waals surface area contributed by atoms with E-state index in [2.05, 4.69) is 303 Å². The Kier molecular flexibility index (Phi) is 16.9. The third-order valence-electron chi connectivity index (χ3n) is 26.3. The second-order valence-electron chi connectivity index (χ2n) is 32.9. The minimum absolute atomic E-state index is 0.188. The molecule has 15 aromatic rings. The van der Waals surface area contributed by atoms with E-state index in [0.717, 1.165) is 69.9 Å². The quantitative estimate of drug-likeness (QED) is 0.111. The molecular formula is C92H83B5N18+6. The molecule has 22 heterocycles. The molecule has 0 aliphatic carbocycles. The number of hydrogen-bond donors (Lipinski definition) is 0. The first-order chi connectivity index (χ1) is 56.2. The first-order valence-electron chi connectivity index (χ1n) is 40.2. The topological polar surface area (TPSA) is 178 Å². The van der Waals surface area contributed by atoms with Gasteiger partial charge in [-0.1, -0.05) is 98.1 Å². The van der Waals surface area contributed by atoms with Crippen LogP contribution in [0, 0.1) is 27.7 Å². The Bertz CT molecular complexity index is 5220. The lowest BCUT2D eigenvalue weighted by molar-refractivity contribution is -0.660. The van der Waals surface area contributed by atoms with E-state index in [0.29, 0.717) is 0 Å². The van der Waals surface area contributed by atoms with Gasteiger partial charge in [-0.05, 0) is 113 Å². The first kappa shape index (κ1) is 70.2. The fraction of sp³-hybridized carbons (Fsp3) is 0.217. The second kappa shape index (κ2) is 27.6. The molecule has 0 saturated carbocycles. The fourth-order valence-corrected chi connectivity index (χ4v) is 21.6. The van der Waals surface area contributed by atoms with Gasteiger partial charge in [-0.2, -0.15) is 0 Å². The molecule has 115 heavy (non-hydrogen) atoms. The minimum Gasteiger partial charge on any atom is -0.264 e. The number of fused-ring (bicyclic) bond motifs is 20. The molecule has 3 aromatic carbocycles. The van der Waals surface area contributed by atoms with Crippen LogP contribution < -0.4 is 110 Å². The molecule has 0 N–H and O–H groups in total. The Morgan fingerprint density at radius 2 is 0.461 bits per heavy atom. The number of nitrogens with zero attached hydrogens (tertiary/aromatic N) is 18. The zero-order chi connectivity index (χ0) is 77.8. The average Bonchev–Trinajstić information content (AvgIpc) is 0.747. The molecule has 0 fully saturated rings. The van der Waals surface area contributed by atoms with Crippen molar-refractivity contribution in [3.05, 3.63) is 338 Å². The second-order valence-corrected chi connectivity index (χ2v) is 32.9. The summed E-state index contributed by atoms with van der Waals surface area (Å²) >= 11 is 0. The summed E-state index contributed by atoms with van der Waals surface area (Å²) in [6.07, 6.45) is 36.2. The van der Waals surface area contributed by atoms with Gasteiger partial charge in [-0.3, -0.25) is 4.98 Å². The molecule has 25 rings (SSSR count).